The highest BCUT2D eigenvalue weighted by Gasteiger charge is 2.28. The van der Waals surface area contributed by atoms with Crippen LogP contribution >= 0.6 is 15.9 Å². The fraction of sp³-hybridized carbons (Fsp3) is 0.733. The van der Waals surface area contributed by atoms with Gasteiger partial charge in [-0.25, -0.2) is 9.97 Å². The molecule has 0 aliphatic carbocycles. The molecule has 0 spiro atoms. The highest BCUT2D eigenvalue weighted by atomic mass is 79.9. The SMILES string of the molecule is CCC1COC(C)CN1c1cc(Br)nc(C(C)(C)C)n1. The molecule has 1 saturated heterocycles. The number of ether oxygens (including phenoxy) is 1. The summed E-state index contributed by atoms with van der Waals surface area (Å²) in [4.78, 5) is 11.7. The highest BCUT2D eigenvalue weighted by Crippen LogP contribution is 2.27. The Kier molecular flexibility index (Phi) is 4.69. The Morgan fingerprint density at radius 3 is 2.70 bits per heavy atom. The van der Waals surface area contributed by atoms with E-state index in [1.165, 1.54) is 0 Å². The highest BCUT2D eigenvalue weighted by molar-refractivity contribution is 9.10. The lowest BCUT2D eigenvalue weighted by Gasteiger charge is -2.39. The third kappa shape index (κ3) is 3.50. The summed E-state index contributed by atoms with van der Waals surface area (Å²) in [7, 11) is 0. The normalized spacial score (nSPS) is 24.0. The first-order chi connectivity index (χ1) is 9.31. The van der Waals surface area contributed by atoms with Gasteiger partial charge in [0.15, 0.2) is 0 Å². The predicted octanol–water partition coefficient (Wildman–Crippen LogP) is 3.54. The third-order valence-electron chi connectivity index (χ3n) is 3.59. The number of nitrogens with zero attached hydrogens (tertiary/aromatic N) is 3. The van der Waals surface area contributed by atoms with Crippen LogP contribution in [-0.2, 0) is 10.2 Å². The van der Waals surface area contributed by atoms with Crippen LogP contribution in [0.3, 0.4) is 0 Å². The quantitative estimate of drug-likeness (QED) is 0.771. The van der Waals surface area contributed by atoms with Crippen LogP contribution in [0.15, 0.2) is 10.7 Å². The van der Waals surface area contributed by atoms with Gasteiger partial charge in [-0.3, -0.25) is 0 Å². The minimum atomic E-state index is -0.0574. The van der Waals surface area contributed by atoms with Gasteiger partial charge in [0.05, 0.1) is 18.8 Å². The van der Waals surface area contributed by atoms with E-state index in [1.54, 1.807) is 0 Å². The molecule has 0 bridgehead atoms. The van der Waals surface area contributed by atoms with Crippen molar-refractivity contribution in [1.82, 2.24) is 9.97 Å². The lowest BCUT2D eigenvalue weighted by atomic mass is 9.96. The second-order valence-corrected chi connectivity index (χ2v) is 7.29. The number of morpholine rings is 1. The summed E-state index contributed by atoms with van der Waals surface area (Å²) in [6, 6.07) is 2.40. The van der Waals surface area contributed by atoms with Crippen LogP contribution in [0.25, 0.3) is 0 Å². The van der Waals surface area contributed by atoms with Crippen LogP contribution in [-0.4, -0.2) is 35.3 Å². The molecule has 4 nitrogen and oxygen atoms in total. The van der Waals surface area contributed by atoms with Crippen LogP contribution in [0.4, 0.5) is 5.82 Å². The van der Waals surface area contributed by atoms with E-state index < -0.39 is 0 Å². The van der Waals surface area contributed by atoms with Crippen molar-refractivity contribution in [1.29, 1.82) is 0 Å². The molecule has 2 atom stereocenters. The van der Waals surface area contributed by atoms with Gasteiger partial charge in [-0.05, 0) is 29.3 Å². The maximum absolute atomic E-state index is 5.76. The van der Waals surface area contributed by atoms with Crippen molar-refractivity contribution >= 4 is 21.7 Å². The number of rotatable bonds is 2. The van der Waals surface area contributed by atoms with Crippen LogP contribution in [0.2, 0.25) is 0 Å². The molecule has 0 amide bonds. The zero-order valence-electron chi connectivity index (χ0n) is 13.0. The molecule has 1 aromatic heterocycles. The van der Waals surface area contributed by atoms with Crippen molar-refractivity contribution < 1.29 is 4.74 Å². The van der Waals surface area contributed by atoms with E-state index in [1.807, 2.05) is 6.07 Å². The number of hydrogen-bond acceptors (Lipinski definition) is 4. The molecule has 1 fully saturated rings. The van der Waals surface area contributed by atoms with Crippen molar-refractivity contribution in [3.63, 3.8) is 0 Å². The summed E-state index contributed by atoms with van der Waals surface area (Å²) in [6.07, 6.45) is 1.30. The van der Waals surface area contributed by atoms with E-state index in [9.17, 15) is 0 Å². The van der Waals surface area contributed by atoms with Crippen molar-refractivity contribution in [2.75, 3.05) is 18.1 Å². The van der Waals surface area contributed by atoms with Gasteiger partial charge >= 0.3 is 0 Å². The second-order valence-electron chi connectivity index (χ2n) is 6.48. The Morgan fingerprint density at radius 1 is 1.40 bits per heavy atom. The Hall–Kier alpha value is -0.680. The molecule has 0 saturated carbocycles. The van der Waals surface area contributed by atoms with Crippen LogP contribution in [0.5, 0.6) is 0 Å². The molecular formula is C15H24BrN3O. The predicted molar refractivity (Wildman–Crippen MR) is 85.3 cm³/mol. The Morgan fingerprint density at radius 2 is 2.10 bits per heavy atom. The van der Waals surface area contributed by atoms with E-state index in [-0.39, 0.29) is 11.5 Å². The van der Waals surface area contributed by atoms with Gasteiger partial charge in [0.25, 0.3) is 0 Å². The first-order valence-electron chi connectivity index (χ1n) is 7.24. The summed E-state index contributed by atoms with van der Waals surface area (Å²) in [5.41, 5.74) is -0.0574. The van der Waals surface area contributed by atoms with Gasteiger partial charge in [0, 0.05) is 18.0 Å². The third-order valence-corrected chi connectivity index (χ3v) is 3.99. The van der Waals surface area contributed by atoms with Crippen molar-refractivity contribution in [2.24, 2.45) is 0 Å². The Labute approximate surface area is 130 Å². The Balaban J connectivity index is 2.37. The topological polar surface area (TPSA) is 38.2 Å². The lowest BCUT2D eigenvalue weighted by molar-refractivity contribution is 0.0296. The molecule has 0 aromatic carbocycles. The maximum Gasteiger partial charge on any atom is 0.137 e. The van der Waals surface area contributed by atoms with Crippen molar-refractivity contribution in [3.8, 4) is 0 Å². The van der Waals surface area contributed by atoms with E-state index in [2.05, 4.69) is 60.4 Å². The van der Waals surface area contributed by atoms with E-state index in [4.69, 9.17) is 9.72 Å². The fourth-order valence-corrected chi connectivity index (χ4v) is 2.72. The molecule has 5 heteroatoms. The zero-order valence-corrected chi connectivity index (χ0v) is 14.6. The first kappa shape index (κ1) is 15.7. The molecule has 0 radical (unpaired) electrons. The van der Waals surface area contributed by atoms with Gasteiger partial charge in [0.2, 0.25) is 0 Å². The molecule has 2 heterocycles. The summed E-state index contributed by atoms with van der Waals surface area (Å²) >= 11 is 3.52. The lowest BCUT2D eigenvalue weighted by Crippen LogP contribution is -2.49. The van der Waals surface area contributed by atoms with Gasteiger partial charge < -0.3 is 9.64 Å². The monoisotopic (exact) mass is 341 g/mol. The summed E-state index contributed by atoms with van der Waals surface area (Å²) < 4.78 is 6.61. The number of anilines is 1. The first-order valence-corrected chi connectivity index (χ1v) is 8.04. The van der Waals surface area contributed by atoms with Gasteiger partial charge in [-0.15, -0.1) is 0 Å². The molecule has 1 aromatic rings. The number of aromatic nitrogens is 2. The summed E-state index contributed by atoms with van der Waals surface area (Å²) in [5, 5.41) is 0. The van der Waals surface area contributed by atoms with Gasteiger partial charge in [-0.1, -0.05) is 27.7 Å². The van der Waals surface area contributed by atoms with Crippen LogP contribution < -0.4 is 4.90 Å². The van der Waals surface area contributed by atoms with Crippen LogP contribution in [0.1, 0.15) is 46.9 Å². The number of hydrogen-bond donors (Lipinski definition) is 0. The molecule has 1 aliphatic rings. The maximum atomic E-state index is 5.76. The van der Waals surface area contributed by atoms with E-state index in [0.29, 0.717) is 6.04 Å². The largest absolute Gasteiger partial charge is 0.375 e. The fourth-order valence-electron chi connectivity index (χ4n) is 2.35. The van der Waals surface area contributed by atoms with Crippen molar-refractivity contribution in [2.45, 2.75) is 58.6 Å². The van der Waals surface area contributed by atoms with Crippen LogP contribution in [0, 0.1) is 0 Å². The second kappa shape index (κ2) is 5.98. The summed E-state index contributed by atoms with van der Waals surface area (Å²) in [5.74, 6) is 1.87. The minimum absolute atomic E-state index is 0.0574. The smallest absolute Gasteiger partial charge is 0.137 e. The summed E-state index contributed by atoms with van der Waals surface area (Å²) in [6.45, 7) is 12.4. The van der Waals surface area contributed by atoms with E-state index >= 15 is 0 Å². The molecule has 0 N–H and O–H groups in total. The molecule has 20 heavy (non-hydrogen) atoms. The van der Waals surface area contributed by atoms with Gasteiger partial charge in [0.1, 0.15) is 16.2 Å². The average molecular weight is 342 g/mol. The van der Waals surface area contributed by atoms with E-state index in [0.717, 1.165) is 35.8 Å². The molecule has 112 valence electrons. The van der Waals surface area contributed by atoms with Crippen molar-refractivity contribution in [3.05, 3.63) is 16.5 Å². The molecule has 1 aliphatic heterocycles. The van der Waals surface area contributed by atoms with Gasteiger partial charge in [-0.2, -0.15) is 0 Å². The number of halogens is 1. The minimum Gasteiger partial charge on any atom is -0.375 e. The molecule has 2 unspecified atom stereocenters. The molecule has 2 rings (SSSR count). The molecular weight excluding hydrogens is 318 g/mol. The standard InChI is InChI=1S/C15H24BrN3O/c1-6-11-9-20-10(2)8-19(11)13-7-12(16)17-14(18-13)15(3,4)5/h7,10-11H,6,8-9H2,1-5H3. The zero-order chi connectivity index (χ0) is 14.9. The Bertz CT molecular complexity index is 473. The average Bonchev–Trinajstić information content (AvgIpc) is 2.37.